The van der Waals surface area contributed by atoms with Gasteiger partial charge in [-0.05, 0) is 73.6 Å². The van der Waals surface area contributed by atoms with Crippen LogP contribution in [0.1, 0.15) is 24.8 Å². The van der Waals surface area contributed by atoms with Gasteiger partial charge in [-0.25, -0.2) is 9.18 Å². The van der Waals surface area contributed by atoms with E-state index in [2.05, 4.69) is 5.32 Å². The molecule has 0 saturated carbocycles. The number of anilines is 1. The number of phenolic OH excluding ortho intramolecular Hbond substituents is 1. The maximum absolute atomic E-state index is 12.9. The summed E-state index contributed by atoms with van der Waals surface area (Å²) in [5.41, 5.74) is 1.84. The second kappa shape index (κ2) is 8.01. The molecule has 1 saturated heterocycles. The van der Waals surface area contributed by atoms with Crippen molar-refractivity contribution < 1.29 is 14.3 Å². The van der Waals surface area contributed by atoms with E-state index >= 15 is 0 Å². The van der Waals surface area contributed by atoms with Crippen LogP contribution in [0.3, 0.4) is 0 Å². The molecule has 0 spiro atoms. The van der Waals surface area contributed by atoms with E-state index in [1.807, 2.05) is 17.0 Å². The van der Waals surface area contributed by atoms with E-state index < -0.39 is 0 Å². The number of rotatable bonds is 4. The van der Waals surface area contributed by atoms with E-state index in [0.717, 1.165) is 38.8 Å². The van der Waals surface area contributed by atoms with Crippen LogP contribution in [0.25, 0.3) is 0 Å². The van der Waals surface area contributed by atoms with E-state index in [9.17, 15) is 14.3 Å². The molecule has 1 aliphatic rings. The van der Waals surface area contributed by atoms with Crippen LogP contribution in [0.15, 0.2) is 48.5 Å². The van der Waals surface area contributed by atoms with Crippen molar-refractivity contribution in [1.29, 1.82) is 0 Å². The lowest BCUT2D eigenvalue weighted by molar-refractivity contribution is 0.180. The molecule has 2 aromatic rings. The van der Waals surface area contributed by atoms with Gasteiger partial charge in [0, 0.05) is 18.8 Å². The molecule has 0 radical (unpaired) electrons. The van der Waals surface area contributed by atoms with Crippen LogP contribution in [0.5, 0.6) is 5.75 Å². The number of benzene rings is 2. The lowest BCUT2D eigenvalue weighted by Gasteiger charge is -2.32. The topological polar surface area (TPSA) is 52.6 Å². The Labute approximate surface area is 147 Å². The molecule has 0 aliphatic carbocycles. The fraction of sp³-hybridized carbons (Fsp3) is 0.350. The minimum absolute atomic E-state index is 0.122. The van der Waals surface area contributed by atoms with Gasteiger partial charge in [0.1, 0.15) is 11.6 Å². The molecule has 1 fully saturated rings. The molecular weight excluding hydrogens is 319 g/mol. The van der Waals surface area contributed by atoms with Gasteiger partial charge in [-0.2, -0.15) is 0 Å². The van der Waals surface area contributed by atoms with Crippen molar-refractivity contribution in [3.63, 3.8) is 0 Å². The summed E-state index contributed by atoms with van der Waals surface area (Å²) in [6.07, 6.45) is 4.08. The first kappa shape index (κ1) is 17.3. The first-order chi connectivity index (χ1) is 12.1. The van der Waals surface area contributed by atoms with Crippen molar-refractivity contribution in [2.75, 3.05) is 18.4 Å². The van der Waals surface area contributed by atoms with Crippen LogP contribution in [-0.2, 0) is 6.42 Å². The first-order valence-corrected chi connectivity index (χ1v) is 8.69. The van der Waals surface area contributed by atoms with E-state index in [1.165, 1.54) is 17.7 Å². The second-order valence-electron chi connectivity index (χ2n) is 6.57. The van der Waals surface area contributed by atoms with Crippen LogP contribution >= 0.6 is 0 Å². The first-order valence-electron chi connectivity index (χ1n) is 8.69. The van der Waals surface area contributed by atoms with E-state index in [1.54, 1.807) is 24.3 Å². The molecule has 4 nitrogen and oxygen atoms in total. The summed E-state index contributed by atoms with van der Waals surface area (Å²) in [5.74, 6) is 0.598. The van der Waals surface area contributed by atoms with Crippen LogP contribution in [-0.4, -0.2) is 29.1 Å². The molecule has 0 unspecified atom stereocenters. The van der Waals surface area contributed by atoms with Crippen molar-refractivity contribution in [2.45, 2.75) is 25.7 Å². The molecule has 2 N–H and O–H groups in total. The minimum Gasteiger partial charge on any atom is -0.508 e. The Balaban J connectivity index is 1.42. The molecule has 1 aliphatic heterocycles. The third-order valence-corrected chi connectivity index (χ3v) is 4.77. The standard InChI is InChI=1S/C20H23FN2O2/c21-17-5-7-18(8-6-17)22-20(25)23-13-11-16(12-14-23)2-1-15-3-9-19(24)10-4-15/h3-10,16,24H,1-2,11-14H2,(H,22,25). The van der Waals surface area contributed by atoms with Gasteiger partial charge in [-0.1, -0.05) is 12.1 Å². The summed E-state index contributed by atoms with van der Waals surface area (Å²) in [5, 5.41) is 12.1. The zero-order valence-corrected chi connectivity index (χ0v) is 14.1. The molecule has 132 valence electrons. The highest BCUT2D eigenvalue weighted by atomic mass is 19.1. The van der Waals surface area contributed by atoms with Gasteiger partial charge in [0.25, 0.3) is 0 Å². The predicted molar refractivity (Wildman–Crippen MR) is 96.1 cm³/mol. The Morgan fingerprint density at radius 1 is 1.08 bits per heavy atom. The lowest BCUT2D eigenvalue weighted by Crippen LogP contribution is -2.41. The number of hydrogen-bond donors (Lipinski definition) is 2. The minimum atomic E-state index is -0.313. The predicted octanol–water partition coefficient (Wildman–Crippen LogP) is 4.41. The number of urea groups is 1. The van der Waals surface area contributed by atoms with Gasteiger partial charge in [-0.15, -0.1) is 0 Å². The third-order valence-electron chi connectivity index (χ3n) is 4.77. The number of carbonyl (C=O) groups is 1. The van der Waals surface area contributed by atoms with Gasteiger partial charge >= 0.3 is 6.03 Å². The number of amides is 2. The Kier molecular flexibility index (Phi) is 5.53. The molecule has 25 heavy (non-hydrogen) atoms. The van der Waals surface area contributed by atoms with Crippen LogP contribution in [0.4, 0.5) is 14.9 Å². The summed E-state index contributed by atoms with van der Waals surface area (Å²) in [4.78, 5) is 14.1. The lowest BCUT2D eigenvalue weighted by atomic mass is 9.90. The van der Waals surface area contributed by atoms with Crippen molar-refractivity contribution >= 4 is 11.7 Å². The maximum atomic E-state index is 12.9. The summed E-state index contributed by atoms with van der Waals surface area (Å²) in [6.45, 7) is 1.49. The number of phenols is 1. The summed E-state index contributed by atoms with van der Waals surface area (Å²) in [6, 6.07) is 13.0. The summed E-state index contributed by atoms with van der Waals surface area (Å²) >= 11 is 0. The normalized spacial score (nSPS) is 15.2. The molecule has 0 bridgehead atoms. The highest BCUT2D eigenvalue weighted by Gasteiger charge is 2.22. The molecule has 5 heteroatoms. The SMILES string of the molecule is O=C(Nc1ccc(F)cc1)N1CCC(CCc2ccc(O)cc2)CC1. The van der Waals surface area contributed by atoms with E-state index in [0.29, 0.717) is 17.4 Å². The highest BCUT2D eigenvalue weighted by Crippen LogP contribution is 2.23. The zero-order chi connectivity index (χ0) is 17.6. The third kappa shape index (κ3) is 4.95. The quantitative estimate of drug-likeness (QED) is 0.865. The van der Waals surface area contributed by atoms with Crippen LogP contribution in [0.2, 0.25) is 0 Å². The molecule has 2 amide bonds. The number of nitrogens with one attached hydrogen (secondary N) is 1. The molecule has 1 heterocycles. The zero-order valence-electron chi connectivity index (χ0n) is 14.1. The summed E-state index contributed by atoms with van der Waals surface area (Å²) in [7, 11) is 0. The number of halogens is 1. The Morgan fingerprint density at radius 2 is 1.72 bits per heavy atom. The fourth-order valence-corrected chi connectivity index (χ4v) is 3.19. The van der Waals surface area contributed by atoms with Crippen molar-refractivity contribution in [2.24, 2.45) is 5.92 Å². The van der Waals surface area contributed by atoms with Gasteiger partial charge < -0.3 is 15.3 Å². The molecule has 0 atom stereocenters. The van der Waals surface area contributed by atoms with Crippen molar-refractivity contribution in [1.82, 2.24) is 4.90 Å². The van der Waals surface area contributed by atoms with Gasteiger partial charge in [0.15, 0.2) is 0 Å². The number of hydrogen-bond acceptors (Lipinski definition) is 2. The Bertz CT molecular complexity index is 693. The van der Waals surface area contributed by atoms with Gasteiger partial charge in [0.05, 0.1) is 0 Å². The number of carbonyl (C=O) groups excluding carboxylic acids is 1. The Hall–Kier alpha value is -2.56. The molecular formula is C20H23FN2O2. The second-order valence-corrected chi connectivity index (χ2v) is 6.57. The fourth-order valence-electron chi connectivity index (χ4n) is 3.19. The monoisotopic (exact) mass is 342 g/mol. The molecule has 3 rings (SSSR count). The van der Waals surface area contributed by atoms with Crippen LogP contribution < -0.4 is 5.32 Å². The van der Waals surface area contributed by atoms with Gasteiger partial charge in [-0.3, -0.25) is 0 Å². The van der Waals surface area contributed by atoms with Gasteiger partial charge in [0.2, 0.25) is 0 Å². The van der Waals surface area contributed by atoms with Crippen LogP contribution in [0, 0.1) is 11.7 Å². The smallest absolute Gasteiger partial charge is 0.321 e. The number of piperidine rings is 1. The number of likely N-dealkylation sites (tertiary alicyclic amines) is 1. The average Bonchev–Trinajstić information content (AvgIpc) is 2.63. The number of nitrogens with zero attached hydrogens (tertiary/aromatic N) is 1. The Morgan fingerprint density at radius 3 is 2.36 bits per heavy atom. The maximum Gasteiger partial charge on any atom is 0.321 e. The van der Waals surface area contributed by atoms with Crippen molar-refractivity contribution in [3.05, 3.63) is 59.9 Å². The number of aromatic hydroxyl groups is 1. The van der Waals surface area contributed by atoms with E-state index in [-0.39, 0.29) is 11.8 Å². The number of aryl methyl sites for hydroxylation is 1. The largest absolute Gasteiger partial charge is 0.508 e. The average molecular weight is 342 g/mol. The van der Waals surface area contributed by atoms with Crippen molar-refractivity contribution in [3.8, 4) is 5.75 Å². The summed E-state index contributed by atoms with van der Waals surface area (Å²) < 4.78 is 12.9. The highest BCUT2D eigenvalue weighted by molar-refractivity contribution is 5.89. The molecule has 0 aromatic heterocycles. The van der Waals surface area contributed by atoms with E-state index in [4.69, 9.17) is 0 Å². The molecule has 2 aromatic carbocycles.